The quantitative estimate of drug-likeness (QED) is 0.846. The number of rotatable bonds is 6. The highest BCUT2D eigenvalue weighted by molar-refractivity contribution is 5.85. The van der Waals surface area contributed by atoms with Crippen molar-refractivity contribution in [3.8, 4) is 5.75 Å². The van der Waals surface area contributed by atoms with Crippen molar-refractivity contribution in [2.45, 2.75) is 57.1 Å². The van der Waals surface area contributed by atoms with Crippen LogP contribution in [0, 0.1) is 0 Å². The number of aliphatic hydroxyl groups is 1. The number of ether oxygens (including phenoxy) is 1. The van der Waals surface area contributed by atoms with Gasteiger partial charge in [0.2, 0.25) is 0 Å². The first-order chi connectivity index (χ1) is 10.0. The predicted molar refractivity (Wildman–Crippen MR) is 82.3 cm³/mol. The van der Waals surface area contributed by atoms with Crippen molar-refractivity contribution in [3.63, 3.8) is 0 Å². The highest BCUT2D eigenvalue weighted by Crippen LogP contribution is 2.29. The molecule has 0 aliphatic heterocycles. The number of benzene rings is 1. The minimum atomic E-state index is -1.13. The van der Waals surface area contributed by atoms with Gasteiger partial charge in [-0.15, -0.1) is 0 Å². The summed E-state index contributed by atoms with van der Waals surface area (Å²) in [4.78, 5) is 12.1. The van der Waals surface area contributed by atoms with Gasteiger partial charge in [-0.25, -0.2) is 0 Å². The van der Waals surface area contributed by atoms with Crippen molar-refractivity contribution in [1.82, 2.24) is 5.32 Å². The normalized spacial score (nSPS) is 18.2. The lowest BCUT2D eigenvalue weighted by atomic mass is 10.00. The monoisotopic (exact) mass is 291 g/mol. The Morgan fingerprint density at radius 1 is 1.33 bits per heavy atom. The minimum Gasteiger partial charge on any atom is -0.497 e. The van der Waals surface area contributed by atoms with Gasteiger partial charge >= 0.3 is 0 Å². The third-order valence-electron chi connectivity index (χ3n) is 4.26. The summed E-state index contributed by atoms with van der Waals surface area (Å²) in [5.41, 5.74) is 0.0884. The van der Waals surface area contributed by atoms with Gasteiger partial charge in [0.05, 0.1) is 7.11 Å². The summed E-state index contributed by atoms with van der Waals surface area (Å²) in [5, 5.41) is 13.2. The van der Waals surface area contributed by atoms with Gasteiger partial charge in [0.1, 0.15) is 11.4 Å². The van der Waals surface area contributed by atoms with Gasteiger partial charge in [0.15, 0.2) is 0 Å². The molecule has 1 aliphatic rings. The van der Waals surface area contributed by atoms with Crippen LogP contribution in [0.4, 0.5) is 0 Å². The van der Waals surface area contributed by atoms with E-state index in [1.807, 2.05) is 31.2 Å². The van der Waals surface area contributed by atoms with Crippen LogP contribution in [0.1, 0.15) is 44.6 Å². The maximum Gasteiger partial charge on any atom is 0.252 e. The number of aryl methyl sites for hydroxylation is 1. The van der Waals surface area contributed by atoms with E-state index in [2.05, 4.69) is 5.32 Å². The van der Waals surface area contributed by atoms with Gasteiger partial charge < -0.3 is 15.2 Å². The van der Waals surface area contributed by atoms with Crippen LogP contribution in [-0.2, 0) is 11.2 Å². The summed E-state index contributed by atoms with van der Waals surface area (Å²) >= 11 is 0. The van der Waals surface area contributed by atoms with E-state index in [1.54, 1.807) is 7.11 Å². The molecule has 1 aromatic carbocycles. The Balaban J connectivity index is 1.78. The molecule has 21 heavy (non-hydrogen) atoms. The van der Waals surface area contributed by atoms with Crippen LogP contribution in [0.3, 0.4) is 0 Å². The summed E-state index contributed by atoms with van der Waals surface area (Å²) < 4.78 is 5.13. The van der Waals surface area contributed by atoms with Gasteiger partial charge in [-0.1, -0.05) is 12.1 Å². The van der Waals surface area contributed by atoms with E-state index in [0.29, 0.717) is 12.8 Å². The smallest absolute Gasteiger partial charge is 0.252 e. The lowest BCUT2D eigenvalue weighted by molar-refractivity contribution is -0.139. The Bertz CT molecular complexity index is 463. The van der Waals surface area contributed by atoms with Crippen LogP contribution in [0.25, 0.3) is 0 Å². The average Bonchev–Trinajstić information content (AvgIpc) is 2.94. The SMILES string of the molecule is COc1ccc(CCC(C)NC(=O)C2(O)CCCC2)cc1. The van der Waals surface area contributed by atoms with Crippen molar-refractivity contribution in [1.29, 1.82) is 0 Å². The van der Waals surface area contributed by atoms with Crippen LogP contribution in [0.2, 0.25) is 0 Å². The molecule has 2 rings (SSSR count). The highest BCUT2D eigenvalue weighted by atomic mass is 16.5. The van der Waals surface area contributed by atoms with E-state index in [-0.39, 0.29) is 11.9 Å². The Morgan fingerprint density at radius 2 is 1.95 bits per heavy atom. The largest absolute Gasteiger partial charge is 0.497 e. The van der Waals surface area contributed by atoms with Gasteiger partial charge in [-0.05, 0) is 63.1 Å². The second-order valence-electron chi connectivity index (χ2n) is 6.00. The molecule has 1 fully saturated rings. The molecule has 1 aromatic rings. The van der Waals surface area contributed by atoms with Gasteiger partial charge in [-0.3, -0.25) is 4.79 Å². The van der Waals surface area contributed by atoms with Crippen molar-refractivity contribution in [2.75, 3.05) is 7.11 Å². The number of hydrogen-bond donors (Lipinski definition) is 2. The van der Waals surface area contributed by atoms with E-state index in [1.165, 1.54) is 5.56 Å². The summed E-state index contributed by atoms with van der Waals surface area (Å²) in [6, 6.07) is 8.03. The first-order valence-corrected chi connectivity index (χ1v) is 7.70. The molecule has 4 nitrogen and oxygen atoms in total. The maximum absolute atomic E-state index is 12.1. The molecule has 0 aromatic heterocycles. The molecular formula is C17H25NO3. The van der Waals surface area contributed by atoms with Crippen LogP contribution in [0.5, 0.6) is 5.75 Å². The standard InChI is InChI=1S/C17H25NO3/c1-13(18-16(19)17(20)11-3-4-12-17)5-6-14-7-9-15(21-2)10-8-14/h7-10,13,20H,3-6,11-12H2,1-2H3,(H,18,19). The number of carbonyl (C=O) groups is 1. The highest BCUT2D eigenvalue weighted by Gasteiger charge is 2.39. The lowest BCUT2D eigenvalue weighted by Crippen LogP contribution is -2.48. The lowest BCUT2D eigenvalue weighted by Gasteiger charge is -2.24. The molecule has 0 bridgehead atoms. The number of methoxy groups -OCH3 is 1. The molecule has 0 spiro atoms. The Morgan fingerprint density at radius 3 is 2.52 bits per heavy atom. The molecular weight excluding hydrogens is 266 g/mol. The maximum atomic E-state index is 12.1. The molecule has 0 heterocycles. The summed E-state index contributed by atoms with van der Waals surface area (Å²) in [5.74, 6) is 0.644. The Kier molecular flexibility index (Phi) is 5.23. The zero-order chi connectivity index (χ0) is 15.3. The molecule has 0 saturated heterocycles. The zero-order valence-electron chi connectivity index (χ0n) is 12.9. The summed E-state index contributed by atoms with van der Waals surface area (Å²) in [6.07, 6.45) is 4.79. The van der Waals surface area contributed by atoms with Gasteiger partial charge in [0.25, 0.3) is 5.91 Å². The number of carbonyl (C=O) groups excluding carboxylic acids is 1. The van der Waals surface area contributed by atoms with Crippen molar-refractivity contribution in [2.24, 2.45) is 0 Å². The molecule has 1 amide bonds. The average molecular weight is 291 g/mol. The zero-order valence-corrected chi connectivity index (χ0v) is 12.9. The molecule has 1 unspecified atom stereocenters. The molecule has 0 radical (unpaired) electrons. The van der Waals surface area contributed by atoms with E-state index >= 15 is 0 Å². The number of hydrogen-bond acceptors (Lipinski definition) is 3. The summed E-state index contributed by atoms with van der Waals surface area (Å²) in [7, 11) is 1.65. The minimum absolute atomic E-state index is 0.0595. The fourth-order valence-electron chi connectivity index (χ4n) is 2.79. The third-order valence-corrected chi connectivity index (χ3v) is 4.26. The third kappa shape index (κ3) is 4.21. The van der Waals surface area contributed by atoms with E-state index in [9.17, 15) is 9.90 Å². The van der Waals surface area contributed by atoms with E-state index < -0.39 is 5.60 Å². The fraction of sp³-hybridized carbons (Fsp3) is 0.588. The number of nitrogens with one attached hydrogen (secondary N) is 1. The Hall–Kier alpha value is -1.55. The van der Waals surface area contributed by atoms with E-state index in [0.717, 1.165) is 31.4 Å². The molecule has 116 valence electrons. The van der Waals surface area contributed by atoms with E-state index in [4.69, 9.17) is 4.74 Å². The molecule has 4 heteroatoms. The predicted octanol–water partition coefficient (Wildman–Crippen LogP) is 2.44. The van der Waals surface area contributed by atoms with Gasteiger partial charge in [0, 0.05) is 6.04 Å². The first-order valence-electron chi connectivity index (χ1n) is 7.70. The van der Waals surface area contributed by atoms with Crippen molar-refractivity contribution < 1.29 is 14.6 Å². The topological polar surface area (TPSA) is 58.6 Å². The van der Waals surface area contributed by atoms with Crippen LogP contribution >= 0.6 is 0 Å². The fourth-order valence-corrected chi connectivity index (χ4v) is 2.79. The second-order valence-corrected chi connectivity index (χ2v) is 6.00. The van der Waals surface area contributed by atoms with Crippen LogP contribution in [-0.4, -0.2) is 29.8 Å². The molecule has 2 N–H and O–H groups in total. The Labute approximate surface area is 126 Å². The molecule has 1 atom stereocenters. The molecule has 1 saturated carbocycles. The van der Waals surface area contributed by atoms with Gasteiger partial charge in [-0.2, -0.15) is 0 Å². The second kappa shape index (κ2) is 6.94. The van der Waals surface area contributed by atoms with Crippen molar-refractivity contribution >= 4 is 5.91 Å². The number of amides is 1. The first kappa shape index (κ1) is 15.8. The van der Waals surface area contributed by atoms with Crippen LogP contribution < -0.4 is 10.1 Å². The van der Waals surface area contributed by atoms with Crippen LogP contribution in [0.15, 0.2) is 24.3 Å². The summed E-state index contributed by atoms with van der Waals surface area (Å²) in [6.45, 7) is 1.99. The van der Waals surface area contributed by atoms with Crippen molar-refractivity contribution in [3.05, 3.63) is 29.8 Å². The molecule has 1 aliphatic carbocycles.